The minimum atomic E-state index is -1.28. The van der Waals surface area contributed by atoms with Crippen LogP contribution in [0.25, 0.3) is 43.1 Å². The zero-order valence-corrected chi connectivity index (χ0v) is 58.1. The number of hydrogen-bond acceptors (Lipinski definition) is 12. The molecule has 4 fully saturated rings. The van der Waals surface area contributed by atoms with Crippen LogP contribution in [0.2, 0.25) is 0 Å². The molecule has 15 rings (SSSR count). The molecule has 0 spiro atoms. The third-order valence-corrected chi connectivity index (χ3v) is 22.8. The second kappa shape index (κ2) is 27.3. The van der Waals surface area contributed by atoms with E-state index in [9.17, 15) is 0 Å². The lowest BCUT2D eigenvalue weighted by molar-refractivity contribution is -0.142. The molecule has 4 aliphatic carbocycles. The summed E-state index contributed by atoms with van der Waals surface area (Å²) in [7, 11) is 0. The number of carbonyl (C=O) groups excluding carboxylic acids is 6. The summed E-state index contributed by atoms with van der Waals surface area (Å²) in [5, 5.41) is 2.78. The Morgan fingerprint density at radius 1 is 0.347 bits per heavy atom. The first kappa shape index (κ1) is 65.3. The largest absolute Gasteiger partial charge is 0.456 e. The lowest BCUT2D eigenvalue weighted by Crippen LogP contribution is -2.59. The minimum absolute atomic E-state index is 0.0432. The summed E-state index contributed by atoms with van der Waals surface area (Å²) in [5.41, 5.74) is 3.49. The van der Waals surface area contributed by atoms with Crippen molar-refractivity contribution in [3.63, 3.8) is 0 Å². The molecule has 2 atom stereocenters. The van der Waals surface area contributed by atoms with Crippen molar-refractivity contribution in [2.45, 2.75) is 192 Å². The van der Waals surface area contributed by atoms with Gasteiger partial charge in [0.2, 0.25) is 11.8 Å². The van der Waals surface area contributed by atoms with Crippen LogP contribution in [0.15, 0.2) is 121 Å². The molecule has 98 heavy (non-hydrogen) atoms. The van der Waals surface area contributed by atoms with Gasteiger partial charge in [-0.3, -0.25) is 38.6 Å². The molecule has 2 unspecified atom stereocenters. The Morgan fingerprint density at radius 3 is 0.786 bits per heavy atom. The fourth-order valence-corrected chi connectivity index (χ4v) is 17.9. The Balaban J connectivity index is 1.05. The van der Waals surface area contributed by atoms with Crippen LogP contribution in [-0.2, 0) is 9.59 Å². The number of amides is 6. The van der Waals surface area contributed by atoms with E-state index < -0.39 is 35.7 Å². The molecule has 0 N–H and O–H groups in total. The molecule has 0 bridgehead atoms. The molecular formula is C82H84N4O10S2. The van der Waals surface area contributed by atoms with Crippen molar-refractivity contribution in [3.05, 3.63) is 166 Å². The van der Waals surface area contributed by atoms with Crippen molar-refractivity contribution in [3.8, 4) is 46.0 Å². The average molecular weight is 1350 g/mol. The van der Waals surface area contributed by atoms with Crippen LogP contribution >= 0.6 is 25.3 Å². The molecule has 14 nitrogen and oxygen atoms in total. The number of aryl methyl sites for hydroxylation is 4. The number of nitrogens with zero attached hydrogens (tertiary/aromatic N) is 4. The molecule has 0 saturated heterocycles. The number of rotatable bonds is 18. The smallest absolute Gasteiger partial charge is 0.262 e. The van der Waals surface area contributed by atoms with E-state index in [0.29, 0.717) is 55.3 Å². The third-order valence-electron chi connectivity index (χ3n) is 22.1. The fraction of sp³-hybridized carbons (Fsp3) is 0.390. The number of hydrogen-bond donors (Lipinski definition) is 2. The number of benzene rings is 9. The van der Waals surface area contributed by atoms with Crippen molar-refractivity contribution in [1.29, 1.82) is 0 Å². The lowest BCUT2D eigenvalue weighted by Gasteiger charge is -2.45. The van der Waals surface area contributed by atoms with Crippen LogP contribution in [0.1, 0.15) is 192 Å². The molecule has 2 aliphatic heterocycles. The maximum Gasteiger partial charge on any atom is 0.262 e. The van der Waals surface area contributed by atoms with Crippen molar-refractivity contribution in [1.82, 2.24) is 19.6 Å². The molecule has 0 radical (unpaired) electrons. The number of thiol groups is 2. The highest BCUT2D eigenvalue weighted by molar-refractivity contribution is 7.80. The number of ether oxygens (including phenoxy) is 4. The van der Waals surface area contributed by atoms with E-state index in [0.717, 1.165) is 160 Å². The van der Waals surface area contributed by atoms with Gasteiger partial charge in [-0.15, -0.1) is 0 Å². The number of fused-ring (bicyclic) bond motifs is 2. The predicted octanol–water partition coefficient (Wildman–Crippen LogP) is 18.9. The first-order valence-corrected chi connectivity index (χ1v) is 36.9. The maximum atomic E-state index is 16.5. The summed E-state index contributed by atoms with van der Waals surface area (Å²) in [4.78, 5) is 104. The van der Waals surface area contributed by atoms with Crippen molar-refractivity contribution in [2.24, 2.45) is 0 Å². The molecule has 6 aliphatic rings. The van der Waals surface area contributed by atoms with E-state index in [1.54, 1.807) is 24.3 Å². The molecule has 16 heteroatoms. The number of carbonyl (C=O) groups is 6. The topological polar surface area (TPSA) is 152 Å². The molecule has 2 heterocycles. The highest BCUT2D eigenvalue weighted by Gasteiger charge is 2.49. The molecule has 9 aromatic rings. The number of para-hydroxylation sites is 4. The van der Waals surface area contributed by atoms with Gasteiger partial charge in [0.15, 0.2) is 0 Å². The van der Waals surface area contributed by atoms with E-state index in [-0.39, 0.29) is 104 Å². The van der Waals surface area contributed by atoms with Gasteiger partial charge >= 0.3 is 0 Å². The van der Waals surface area contributed by atoms with Crippen LogP contribution in [0.3, 0.4) is 0 Å². The average Bonchev–Trinajstić information content (AvgIpc) is 0.671. The molecule has 6 amide bonds. The molecule has 0 aromatic heterocycles. The quantitative estimate of drug-likeness (QED) is 0.0367. The Bertz CT molecular complexity index is 4130. The van der Waals surface area contributed by atoms with Crippen LogP contribution < -0.4 is 18.9 Å². The zero-order chi connectivity index (χ0) is 67.6. The lowest BCUT2D eigenvalue weighted by atomic mass is 9.80. The van der Waals surface area contributed by atoms with Gasteiger partial charge < -0.3 is 28.7 Å². The van der Waals surface area contributed by atoms with Crippen LogP contribution in [0.5, 0.6) is 46.0 Å². The molecule has 504 valence electrons. The van der Waals surface area contributed by atoms with E-state index in [2.05, 4.69) is 0 Å². The Morgan fingerprint density at radius 2 is 0.571 bits per heavy atom. The Kier molecular flexibility index (Phi) is 18.2. The normalized spacial score (nSPS) is 18.1. The van der Waals surface area contributed by atoms with Gasteiger partial charge in [0.05, 0.1) is 22.3 Å². The van der Waals surface area contributed by atoms with Gasteiger partial charge in [-0.2, -0.15) is 25.3 Å². The first-order valence-electron chi connectivity index (χ1n) is 35.7. The standard InChI is InChI=1S/C82H84N4O10S2/c1-47-25-17-21-37-61(47)93-65-41-55-69-56(78(88)85(77(55)87)59(45-97)81(91)83(51-29-9-5-10-30-51)52-31-11-6-12-32-52)43-67(95-63-39-23-19-27-49(63)3)73-74-68(96-64-40-24-20-28-50(64)4)44-58-70-57(42-66(72(76(70)74)71(65)75(69)73)94-62-38-22-18-26-48(62)2)79(89)86(80(58)90)60(46-98)82(92)84(53-33-13-7-14-34-53)54-35-15-8-16-36-54/h17-28,37-44,51-54,59-60,97-98H,5-16,29-36,45-46H2,1-4H3. The zero-order valence-electron chi connectivity index (χ0n) is 56.3. The maximum absolute atomic E-state index is 16.5. The van der Waals surface area contributed by atoms with E-state index >= 15 is 28.8 Å². The van der Waals surface area contributed by atoms with E-state index in [1.165, 1.54) is 0 Å². The summed E-state index contributed by atoms with van der Waals surface area (Å²) >= 11 is 9.82. The molecule has 4 saturated carbocycles. The summed E-state index contributed by atoms with van der Waals surface area (Å²) in [6.45, 7) is 7.72. The number of imide groups is 2. The highest BCUT2D eigenvalue weighted by atomic mass is 32.1. The van der Waals surface area contributed by atoms with Gasteiger partial charge in [-0.25, -0.2) is 0 Å². The van der Waals surface area contributed by atoms with Gasteiger partial charge in [-0.1, -0.05) is 150 Å². The Labute approximate surface area is 583 Å². The van der Waals surface area contributed by atoms with Crippen LogP contribution in [0, 0.1) is 27.7 Å². The second-order valence-electron chi connectivity index (χ2n) is 28.2. The van der Waals surface area contributed by atoms with Gasteiger partial charge in [0.1, 0.15) is 58.1 Å². The summed E-state index contributed by atoms with van der Waals surface area (Å²) in [6, 6.07) is 34.2. The first-order chi connectivity index (χ1) is 47.7. The second-order valence-corrected chi connectivity index (χ2v) is 28.9. The monoisotopic (exact) mass is 1350 g/mol. The van der Waals surface area contributed by atoms with Crippen molar-refractivity contribution >= 4 is 104 Å². The molecule has 9 aromatic carbocycles. The van der Waals surface area contributed by atoms with Crippen LogP contribution in [0.4, 0.5) is 0 Å². The SMILES string of the molecule is Cc1ccccc1Oc1cc2c3c(cc(Oc4ccccc4C)c4c5c(Oc6ccccc6C)cc6c7c(cc(Oc8ccccc8C)c(c1c34)c75)C(=O)N(C(CS)C(=O)N(C1CCCCC1)C1CCCCC1)C6=O)C(=O)N(C(CS)C(=O)N(C1CCCCC1)C1CCCCC1)C2=O. The molecular weight excluding hydrogens is 1270 g/mol. The van der Waals surface area contributed by atoms with Crippen molar-refractivity contribution in [2.75, 3.05) is 11.5 Å². The summed E-state index contributed by atoms with van der Waals surface area (Å²) in [6.07, 6.45) is 18.9. The predicted molar refractivity (Wildman–Crippen MR) is 390 cm³/mol. The highest BCUT2D eigenvalue weighted by Crippen LogP contribution is 2.59. The van der Waals surface area contributed by atoms with E-state index in [4.69, 9.17) is 44.2 Å². The van der Waals surface area contributed by atoms with Crippen LogP contribution in [-0.4, -0.2) is 103 Å². The Hall–Kier alpha value is -8.60. The summed E-state index contributed by atoms with van der Waals surface area (Å²) < 4.78 is 29.4. The van der Waals surface area contributed by atoms with E-state index in [1.807, 2.05) is 135 Å². The van der Waals surface area contributed by atoms with Gasteiger partial charge in [0.25, 0.3) is 23.6 Å². The van der Waals surface area contributed by atoms with Crippen molar-refractivity contribution < 1.29 is 47.7 Å². The fourth-order valence-electron chi connectivity index (χ4n) is 17.2. The third kappa shape index (κ3) is 11.4. The summed E-state index contributed by atoms with van der Waals surface area (Å²) in [5.74, 6) is -1.09. The van der Waals surface area contributed by atoms with Gasteiger partial charge in [0, 0.05) is 78.8 Å². The van der Waals surface area contributed by atoms with Gasteiger partial charge in [-0.05, 0) is 150 Å². The minimum Gasteiger partial charge on any atom is -0.456 e.